The molecule has 0 spiro atoms. The van der Waals surface area contributed by atoms with Crippen LogP contribution >= 0.6 is 15.9 Å². The number of hydrogen-bond donors (Lipinski definition) is 0. The summed E-state index contributed by atoms with van der Waals surface area (Å²) in [5, 5.41) is 0. The molecule has 94 valence electrons. The number of benzene rings is 2. The zero-order chi connectivity index (χ0) is 13.0. The van der Waals surface area contributed by atoms with E-state index in [0.29, 0.717) is 12.4 Å². The van der Waals surface area contributed by atoms with E-state index in [0.717, 1.165) is 15.8 Å². The molecule has 0 fully saturated rings. The summed E-state index contributed by atoms with van der Waals surface area (Å²) in [4.78, 5) is 0. The van der Waals surface area contributed by atoms with Crippen LogP contribution in [0.25, 0.3) is 0 Å². The summed E-state index contributed by atoms with van der Waals surface area (Å²) in [5.74, 6) is 0.956. The Labute approximate surface area is 113 Å². The minimum atomic E-state index is -0.308. The van der Waals surface area contributed by atoms with Gasteiger partial charge in [-0.05, 0) is 30.3 Å². The molecule has 18 heavy (non-hydrogen) atoms. The van der Waals surface area contributed by atoms with Crippen LogP contribution in [0.3, 0.4) is 0 Å². The van der Waals surface area contributed by atoms with Crippen LogP contribution in [0.1, 0.15) is 5.56 Å². The summed E-state index contributed by atoms with van der Waals surface area (Å²) in [6, 6.07) is 11.7. The van der Waals surface area contributed by atoms with Gasteiger partial charge in [-0.1, -0.05) is 22.0 Å². The van der Waals surface area contributed by atoms with Crippen molar-refractivity contribution in [3.63, 3.8) is 0 Å². The monoisotopic (exact) mass is 310 g/mol. The molecule has 0 unspecified atom stereocenters. The van der Waals surface area contributed by atoms with Gasteiger partial charge in [-0.3, -0.25) is 0 Å². The molecule has 0 N–H and O–H groups in total. The van der Waals surface area contributed by atoms with Gasteiger partial charge < -0.3 is 9.47 Å². The normalized spacial score (nSPS) is 10.2. The average molecular weight is 311 g/mol. The van der Waals surface area contributed by atoms with Crippen molar-refractivity contribution in [2.75, 3.05) is 7.11 Å². The van der Waals surface area contributed by atoms with Gasteiger partial charge in [0.15, 0.2) is 0 Å². The van der Waals surface area contributed by atoms with E-state index >= 15 is 0 Å². The van der Waals surface area contributed by atoms with Gasteiger partial charge in [-0.2, -0.15) is 0 Å². The summed E-state index contributed by atoms with van der Waals surface area (Å²) in [5.41, 5.74) is 0.943. The van der Waals surface area contributed by atoms with Crippen molar-refractivity contribution in [1.29, 1.82) is 0 Å². The number of hydrogen-bond acceptors (Lipinski definition) is 2. The summed E-state index contributed by atoms with van der Waals surface area (Å²) in [6.07, 6.45) is 0. The fourth-order valence-corrected chi connectivity index (χ4v) is 1.87. The molecule has 0 radical (unpaired) electrons. The molecule has 0 heterocycles. The van der Waals surface area contributed by atoms with Gasteiger partial charge in [0.25, 0.3) is 0 Å². The number of ether oxygens (including phenoxy) is 2. The van der Waals surface area contributed by atoms with Gasteiger partial charge in [0.05, 0.1) is 7.11 Å². The first-order chi connectivity index (χ1) is 8.69. The Morgan fingerprint density at radius 2 is 1.94 bits per heavy atom. The molecular formula is C14H12BrFO2. The molecule has 0 aliphatic carbocycles. The number of halogens is 2. The third-order valence-electron chi connectivity index (χ3n) is 2.44. The van der Waals surface area contributed by atoms with E-state index in [1.165, 1.54) is 12.1 Å². The van der Waals surface area contributed by atoms with Crippen molar-refractivity contribution >= 4 is 15.9 Å². The van der Waals surface area contributed by atoms with Gasteiger partial charge in [-0.15, -0.1) is 0 Å². The lowest BCUT2D eigenvalue weighted by molar-refractivity contribution is 0.303. The minimum Gasteiger partial charge on any atom is -0.497 e. The van der Waals surface area contributed by atoms with Gasteiger partial charge in [0.1, 0.15) is 23.9 Å². The second kappa shape index (κ2) is 5.87. The van der Waals surface area contributed by atoms with E-state index in [2.05, 4.69) is 15.9 Å². The molecule has 2 rings (SSSR count). The summed E-state index contributed by atoms with van der Waals surface area (Å²) in [6.45, 7) is 0.348. The SMILES string of the molecule is COc1ccc(Br)c(COc2cccc(F)c2)c1. The van der Waals surface area contributed by atoms with E-state index < -0.39 is 0 Å². The second-order valence-electron chi connectivity index (χ2n) is 3.70. The molecule has 2 aromatic carbocycles. The second-order valence-corrected chi connectivity index (χ2v) is 4.56. The van der Waals surface area contributed by atoms with Gasteiger partial charge in [-0.25, -0.2) is 4.39 Å². The maximum atomic E-state index is 13.0. The van der Waals surface area contributed by atoms with E-state index in [-0.39, 0.29) is 5.82 Å². The van der Waals surface area contributed by atoms with Gasteiger partial charge >= 0.3 is 0 Å². The number of rotatable bonds is 4. The molecule has 0 aromatic heterocycles. The smallest absolute Gasteiger partial charge is 0.126 e. The Bertz CT molecular complexity index is 543. The molecule has 2 aromatic rings. The number of methoxy groups -OCH3 is 1. The highest BCUT2D eigenvalue weighted by Gasteiger charge is 2.04. The zero-order valence-electron chi connectivity index (χ0n) is 9.82. The molecule has 0 saturated carbocycles. The predicted octanol–water partition coefficient (Wildman–Crippen LogP) is 4.18. The van der Waals surface area contributed by atoms with Crippen molar-refractivity contribution in [3.8, 4) is 11.5 Å². The van der Waals surface area contributed by atoms with Crippen LogP contribution < -0.4 is 9.47 Å². The summed E-state index contributed by atoms with van der Waals surface area (Å²) >= 11 is 3.44. The zero-order valence-corrected chi connectivity index (χ0v) is 11.4. The van der Waals surface area contributed by atoms with Crippen LogP contribution in [0.15, 0.2) is 46.9 Å². The summed E-state index contributed by atoms with van der Waals surface area (Å²) < 4.78 is 24.6. The molecule has 0 saturated heterocycles. The topological polar surface area (TPSA) is 18.5 Å². The van der Waals surface area contributed by atoms with Crippen molar-refractivity contribution < 1.29 is 13.9 Å². The van der Waals surface area contributed by atoms with Crippen LogP contribution in [0, 0.1) is 5.82 Å². The highest BCUT2D eigenvalue weighted by molar-refractivity contribution is 9.10. The lowest BCUT2D eigenvalue weighted by Crippen LogP contribution is -1.97. The first-order valence-electron chi connectivity index (χ1n) is 5.40. The van der Waals surface area contributed by atoms with Crippen molar-refractivity contribution in [2.24, 2.45) is 0 Å². The van der Waals surface area contributed by atoms with Crippen LogP contribution in [0.4, 0.5) is 4.39 Å². The quantitative estimate of drug-likeness (QED) is 0.843. The van der Waals surface area contributed by atoms with E-state index in [1.54, 1.807) is 19.2 Å². The molecule has 0 atom stereocenters. The minimum absolute atomic E-state index is 0.308. The Kier molecular flexibility index (Phi) is 4.20. The third kappa shape index (κ3) is 3.23. The van der Waals surface area contributed by atoms with Crippen LogP contribution in [-0.4, -0.2) is 7.11 Å². The van der Waals surface area contributed by atoms with E-state index in [4.69, 9.17) is 9.47 Å². The van der Waals surface area contributed by atoms with Crippen molar-refractivity contribution in [3.05, 3.63) is 58.3 Å². The first-order valence-corrected chi connectivity index (χ1v) is 6.19. The van der Waals surface area contributed by atoms with Crippen LogP contribution in [0.5, 0.6) is 11.5 Å². The molecule has 0 amide bonds. The predicted molar refractivity (Wildman–Crippen MR) is 71.4 cm³/mol. The highest BCUT2D eigenvalue weighted by atomic mass is 79.9. The molecule has 4 heteroatoms. The van der Waals surface area contributed by atoms with Gasteiger partial charge in [0.2, 0.25) is 0 Å². The van der Waals surface area contributed by atoms with Gasteiger partial charge in [0, 0.05) is 16.1 Å². The largest absolute Gasteiger partial charge is 0.497 e. The Morgan fingerprint density at radius 3 is 2.67 bits per heavy atom. The third-order valence-corrected chi connectivity index (χ3v) is 3.22. The molecular weight excluding hydrogens is 299 g/mol. The maximum Gasteiger partial charge on any atom is 0.126 e. The standard InChI is InChI=1S/C14H12BrFO2/c1-17-12-5-6-14(15)10(7-12)9-18-13-4-2-3-11(16)8-13/h2-8H,9H2,1H3. The van der Waals surface area contributed by atoms with Crippen LogP contribution in [-0.2, 0) is 6.61 Å². The van der Waals surface area contributed by atoms with Crippen molar-refractivity contribution in [2.45, 2.75) is 6.61 Å². The molecule has 0 aliphatic rings. The highest BCUT2D eigenvalue weighted by Crippen LogP contribution is 2.24. The van der Waals surface area contributed by atoms with Crippen molar-refractivity contribution in [1.82, 2.24) is 0 Å². The molecule has 2 nitrogen and oxygen atoms in total. The van der Waals surface area contributed by atoms with E-state index in [1.807, 2.05) is 18.2 Å². The Balaban J connectivity index is 2.10. The first kappa shape index (κ1) is 12.9. The summed E-state index contributed by atoms with van der Waals surface area (Å²) in [7, 11) is 1.61. The molecule has 0 aliphatic heterocycles. The molecule has 0 bridgehead atoms. The Morgan fingerprint density at radius 1 is 1.11 bits per heavy atom. The average Bonchev–Trinajstić information content (AvgIpc) is 2.38. The van der Waals surface area contributed by atoms with Crippen LogP contribution in [0.2, 0.25) is 0 Å². The lowest BCUT2D eigenvalue weighted by Gasteiger charge is -2.09. The lowest BCUT2D eigenvalue weighted by atomic mass is 10.2. The van der Waals surface area contributed by atoms with E-state index in [9.17, 15) is 4.39 Å². The fraction of sp³-hybridized carbons (Fsp3) is 0.143. The fourth-order valence-electron chi connectivity index (χ4n) is 1.51. The Hall–Kier alpha value is -1.55. The maximum absolute atomic E-state index is 13.0.